The van der Waals surface area contributed by atoms with Crippen molar-refractivity contribution in [2.45, 2.75) is 0 Å². The van der Waals surface area contributed by atoms with Crippen LogP contribution in [-0.2, 0) is 0 Å². The second-order valence-electron chi connectivity index (χ2n) is 0.481. The Kier molecular flexibility index (Phi) is 13.5. The summed E-state index contributed by atoms with van der Waals surface area (Å²) in [5.41, 5.74) is 0. The zero-order valence-corrected chi connectivity index (χ0v) is 8.22. The third-order valence-corrected chi connectivity index (χ3v) is 0. The molecule has 0 aromatic carbocycles. The van der Waals surface area contributed by atoms with Crippen molar-refractivity contribution < 1.29 is 48.1 Å². The van der Waals surface area contributed by atoms with E-state index in [-0.39, 0.29) is 52.6 Å². The monoisotopic (exact) mass is 142 g/mol. The van der Waals surface area contributed by atoms with Gasteiger partial charge in [0.25, 0.3) is 0 Å². The number of halogens is 1. The molecule has 0 aromatic heterocycles. The Balaban J connectivity index is -0.0000000800. The minimum absolute atomic E-state index is 0. The molecule has 0 aliphatic rings. The molecule has 3 nitrogen and oxygen atoms in total. The van der Waals surface area contributed by atoms with Gasteiger partial charge in [-0.15, -0.1) is 0 Å². The summed E-state index contributed by atoms with van der Waals surface area (Å²) in [5, 5.41) is 0. The van der Waals surface area contributed by atoms with Crippen LogP contribution in [-0.4, -0.2) is 32.2 Å². The molecule has 0 bridgehead atoms. The maximum absolute atomic E-state index is 10.2. The molecule has 0 saturated heterocycles. The van der Waals surface area contributed by atoms with Gasteiger partial charge < -0.3 is 18.5 Å². The third-order valence-electron chi connectivity index (χ3n) is 0. The largest absolute Gasteiger partial charge is 2.00 e. The second-order valence-corrected chi connectivity index (χ2v) is 1.44. The Morgan fingerprint density at radius 2 is 1.14 bits per heavy atom. The predicted octanol–water partition coefficient (Wildman–Crippen LogP) is -6.90. The van der Waals surface area contributed by atoms with Gasteiger partial charge in [0.1, 0.15) is 0 Å². The Morgan fingerprint density at radius 1 is 1.14 bits per heavy atom. The first-order valence-corrected chi connectivity index (χ1v) is 2.40. The number of hydrogen-bond acceptors (Lipinski definition) is 3. The molecule has 0 radical (unpaired) electrons. The molecule has 0 saturated carbocycles. The predicted molar refractivity (Wildman–Crippen MR) is 12.6 cm³/mol. The van der Waals surface area contributed by atoms with Crippen molar-refractivity contribution in [2.24, 2.45) is 0 Å². The van der Waals surface area contributed by atoms with Crippen LogP contribution in [0.15, 0.2) is 0 Å². The Bertz CT molecular complexity index is 30.4. The fourth-order valence-corrected chi connectivity index (χ4v) is 0. The van der Waals surface area contributed by atoms with Crippen LogP contribution >= 0.6 is 0 Å². The van der Waals surface area contributed by atoms with Gasteiger partial charge in [0.2, 0.25) is 0 Å². The zero-order chi connectivity index (χ0) is 4.50. The van der Waals surface area contributed by atoms with E-state index in [1.807, 2.05) is 0 Å². The van der Waals surface area contributed by atoms with Crippen LogP contribution in [0.25, 0.3) is 0 Å². The summed E-state index contributed by atoms with van der Waals surface area (Å²) in [6.07, 6.45) is 0. The van der Waals surface area contributed by atoms with E-state index in [4.69, 9.17) is 14.4 Å². The molecule has 7 heteroatoms. The van der Waals surface area contributed by atoms with Gasteiger partial charge >= 0.3 is 52.6 Å². The molecule has 0 spiro atoms. The van der Waals surface area contributed by atoms with E-state index >= 15 is 0 Å². The van der Waals surface area contributed by atoms with Crippen molar-refractivity contribution in [2.75, 3.05) is 0 Å². The van der Waals surface area contributed by atoms with Gasteiger partial charge in [-0.3, -0.25) is 0 Å². The molecule has 0 fully saturated rings. The van der Waals surface area contributed by atoms with Gasteiger partial charge in [-0.1, -0.05) is 9.14 Å². The number of hydrogen-bond donors (Lipinski definition) is 0. The summed E-state index contributed by atoms with van der Waals surface area (Å²) >= 11 is 0. The van der Waals surface area contributed by atoms with Gasteiger partial charge in [0.15, 0.2) is 0 Å². The van der Waals surface area contributed by atoms with Crippen LogP contribution in [0.5, 0.6) is 0 Å². The van der Waals surface area contributed by atoms with Crippen molar-refractivity contribution in [1.29, 1.82) is 0 Å². The van der Waals surface area contributed by atoms with Crippen molar-refractivity contribution in [3.8, 4) is 0 Å². The average molecular weight is 142 g/mol. The molecule has 0 atom stereocenters. The van der Waals surface area contributed by atoms with Crippen LogP contribution in [0.2, 0.25) is 0 Å². The van der Waals surface area contributed by atoms with Gasteiger partial charge in [-0.25, -0.2) is 0 Å². The first kappa shape index (κ1) is 15.9. The molecular formula is FMgNaO3Si. The molecule has 0 amide bonds. The maximum Gasteiger partial charge on any atom is 2.00 e. The van der Waals surface area contributed by atoms with Crippen LogP contribution < -0.4 is 43.9 Å². The van der Waals surface area contributed by atoms with Gasteiger partial charge in [-0.2, -0.15) is 0 Å². The molecule has 32 valence electrons. The van der Waals surface area contributed by atoms with Crippen molar-refractivity contribution >= 4 is 32.2 Å². The fraction of sp³-hybridized carbons (Fsp3) is 0. The molecule has 0 N–H and O–H groups in total. The Labute approximate surface area is 79.5 Å². The molecule has 0 heterocycles. The van der Waals surface area contributed by atoms with Crippen molar-refractivity contribution in [3.63, 3.8) is 0 Å². The van der Waals surface area contributed by atoms with E-state index in [9.17, 15) is 4.11 Å². The van der Waals surface area contributed by atoms with Gasteiger partial charge in [-0.05, 0) is 0 Å². The summed E-state index contributed by atoms with van der Waals surface area (Å²) in [4.78, 5) is 25.4. The van der Waals surface area contributed by atoms with E-state index in [0.717, 1.165) is 0 Å². The number of rotatable bonds is 0. The molecule has 7 heavy (non-hydrogen) atoms. The standard InChI is InChI=1S/FO3Si.Mg.Na/c1-5(2,3)4;;/q-3;+2;+1. The molecule has 0 unspecified atom stereocenters. The van der Waals surface area contributed by atoms with Crippen LogP contribution in [0.4, 0.5) is 4.11 Å². The van der Waals surface area contributed by atoms with Gasteiger partial charge in [0.05, 0.1) is 0 Å². The maximum atomic E-state index is 10.2. The van der Waals surface area contributed by atoms with Crippen molar-refractivity contribution in [1.82, 2.24) is 0 Å². The zero-order valence-electron chi connectivity index (χ0n) is 3.81. The summed E-state index contributed by atoms with van der Waals surface area (Å²) in [6, 6.07) is 0. The minimum atomic E-state index is -5.86. The van der Waals surface area contributed by atoms with E-state index in [0.29, 0.717) is 0 Å². The Hall–Kier alpha value is 1.79. The molecule has 0 aliphatic carbocycles. The topological polar surface area (TPSA) is 69.2 Å². The average Bonchev–Trinajstić information content (AvgIpc) is 0.722. The van der Waals surface area contributed by atoms with E-state index in [1.54, 1.807) is 0 Å². The fourth-order valence-electron chi connectivity index (χ4n) is 0. The van der Waals surface area contributed by atoms with Crippen LogP contribution in [0.1, 0.15) is 0 Å². The Morgan fingerprint density at radius 3 is 1.14 bits per heavy atom. The third kappa shape index (κ3) is 81.3. The minimum Gasteiger partial charge on any atom is -0.857 e. The second kappa shape index (κ2) is 5.92. The molecule has 0 rings (SSSR count). The molecule has 0 aromatic rings. The molecule has 0 aliphatic heterocycles. The van der Waals surface area contributed by atoms with E-state index in [1.165, 1.54) is 0 Å². The first-order valence-electron chi connectivity index (χ1n) is 0.801. The van der Waals surface area contributed by atoms with E-state index in [2.05, 4.69) is 0 Å². The molecular weight excluding hydrogens is 142 g/mol. The SMILES string of the molecule is [Mg+2].[Na+].[O-][Si]([O-])([O-])F. The normalized spacial score (nSPS) is 8.57. The first-order chi connectivity index (χ1) is 2.00. The summed E-state index contributed by atoms with van der Waals surface area (Å²) in [6.45, 7) is 0. The summed E-state index contributed by atoms with van der Waals surface area (Å²) < 4.78 is 10.2. The van der Waals surface area contributed by atoms with Crippen molar-refractivity contribution in [3.05, 3.63) is 0 Å². The van der Waals surface area contributed by atoms with Crippen LogP contribution in [0, 0.1) is 0 Å². The van der Waals surface area contributed by atoms with E-state index < -0.39 is 9.14 Å². The van der Waals surface area contributed by atoms with Crippen LogP contribution in [0.3, 0.4) is 0 Å². The quantitative estimate of drug-likeness (QED) is 0.249. The summed E-state index contributed by atoms with van der Waals surface area (Å²) in [5.74, 6) is 0. The smallest absolute Gasteiger partial charge is 0.857 e. The van der Waals surface area contributed by atoms with Gasteiger partial charge in [0, 0.05) is 0 Å². The summed E-state index contributed by atoms with van der Waals surface area (Å²) in [7, 11) is -5.86.